The first-order valence-electron chi connectivity index (χ1n) is 4.97. The van der Waals surface area contributed by atoms with E-state index in [1.54, 1.807) is 18.2 Å². The molecule has 0 fully saturated rings. The number of aryl methyl sites for hydroxylation is 1. The fraction of sp³-hybridized carbons (Fsp3) is 0.0833. The monoisotopic (exact) mass is 266 g/mol. The van der Waals surface area contributed by atoms with Crippen LogP contribution in [0.2, 0.25) is 5.02 Å². The zero-order valence-corrected chi connectivity index (χ0v) is 10.7. The van der Waals surface area contributed by atoms with Crippen molar-refractivity contribution in [2.24, 2.45) is 0 Å². The van der Waals surface area contributed by atoms with E-state index in [2.05, 4.69) is 5.32 Å². The van der Waals surface area contributed by atoms with Gasteiger partial charge in [0.1, 0.15) is 0 Å². The second-order valence-electron chi connectivity index (χ2n) is 3.66. The van der Waals surface area contributed by atoms with Crippen molar-refractivity contribution in [2.75, 3.05) is 11.1 Å². The highest BCUT2D eigenvalue weighted by atomic mass is 35.5. The molecule has 0 saturated carbocycles. The first-order valence-corrected chi connectivity index (χ1v) is 6.29. The van der Waals surface area contributed by atoms with E-state index < -0.39 is 0 Å². The zero-order valence-electron chi connectivity index (χ0n) is 9.16. The number of rotatable bonds is 2. The molecule has 0 aliphatic heterocycles. The number of halogens is 1. The number of amides is 1. The maximum atomic E-state index is 11.9. The Bertz CT molecular complexity index is 565. The van der Waals surface area contributed by atoms with Gasteiger partial charge in [0, 0.05) is 11.1 Å². The van der Waals surface area contributed by atoms with Gasteiger partial charge in [-0.15, -0.1) is 0 Å². The molecule has 1 heterocycles. The maximum absolute atomic E-state index is 11.9. The third kappa shape index (κ3) is 2.60. The number of anilines is 2. The van der Waals surface area contributed by atoms with Crippen LogP contribution in [0.4, 0.5) is 11.4 Å². The molecular weight excluding hydrogens is 256 g/mol. The predicted molar refractivity (Wildman–Crippen MR) is 72.9 cm³/mol. The molecule has 0 saturated heterocycles. The largest absolute Gasteiger partial charge is 0.397 e. The highest BCUT2D eigenvalue weighted by Gasteiger charge is 2.10. The lowest BCUT2D eigenvalue weighted by Gasteiger charge is -2.06. The molecular formula is C12H11ClN2OS. The molecule has 0 bridgehead atoms. The molecule has 1 aromatic carbocycles. The Labute approximate surface area is 108 Å². The molecule has 17 heavy (non-hydrogen) atoms. The molecule has 0 unspecified atom stereocenters. The molecule has 5 heteroatoms. The summed E-state index contributed by atoms with van der Waals surface area (Å²) in [6.07, 6.45) is 0. The number of carbonyl (C=O) groups excluding carboxylic acids is 1. The number of thiophene rings is 1. The van der Waals surface area contributed by atoms with Crippen molar-refractivity contribution < 1.29 is 4.79 Å². The van der Waals surface area contributed by atoms with Crippen LogP contribution in [-0.2, 0) is 0 Å². The summed E-state index contributed by atoms with van der Waals surface area (Å²) in [6.45, 7) is 1.90. The lowest BCUT2D eigenvalue weighted by atomic mass is 10.2. The van der Waals surface area contributed by atoms with Gasteiger partial charge in [-0.05, 0) is 36.1 Å². The third-order valence-corrected chi connectivity index (χ3v) is 3.56. The number of hydrogen-bond acceptors (Lipinski definition) is 3. The van der Waals surface area contributed by atoms with Crippen LogP contribution in [0, 0.1) is 6.92 Å². The second kappa shape index (κ2) is 4.77. The molecule has 2 rings (SSSR count). The van der Waals surface area contributed by atoms with Gasteiger partial charge < -0.3 is 11.1 Å². The molecule has 3 N–H and O–H groups in total. The number of carbonyl (C=O) groups is 1. The quantitative estimate of drug-likeness (QED) is 0.817. The van der Waals surface area contributed by atoms with Gasteiger partial charge in [-0.1, -0.05) is 11.6 Å². The number of benzene rings is 1. The Morgan fingerprint density at radius 1 is 1.41 bits per heavy atom. The fourth-order valence-electron chi connectivity index (χ4n) is 1.41. The summed E-state index contributed by atoms with van der Waals surface area (Å²) in [7, 11) is 0. The van der Waals surface area contributed by atoms with Gasteiger partial charge in [0.05, 0.1) is 16.3 Å². The van der Waals surface area contributed by atoms with Gasteiger partial charge in [0.2, 0.25) is 0 Å². The minimum Gasteiger partial charge on any atom is -0.397 e. The van der Waals surface area contributed by atoms with E-state index in [9.17, 15) is 4.79 Å². The Hall–Kier alpha value is -1.52. The highest BCUT2D eigenvalue weighted by Crippen LogP contribution is 2.23. The molecule has 88 valence electrons. The topological polar surface area (TPSA) is 55.1 Å². The Kier molecular flexibility index (Phi) is 3.36. The minimum absolute atomic E-state index is 0.134. The lowest BCUT2D eigenvalue weighted by molar-refractivity contribution is 0.102. The summed E-state index contributed by atoms with van der Waals surface area (Å²) < 4.78 is 0. The van der Waals surface area contributed by atoms with Gasteiger partial charge in [-0.2, -0.15) is 11.3 Å². The standard InChI is InChI=1S/C12H11ClN2OS/c1-7-5-17-6-9(7)12(16)15-8-2-3-10(13)11(14)4-8/h2-6H,14H2,1H3,(H,15,16). The normalized spacial score (nSPS) is 10.2. The first-order chi connectivity index (χ1) is 8.08. The molecule has 0 radical (unpaired) electrons. The molecule has 3 nitrogen and oxygen atoms in total. The summed E-state index contributed by atoms with van der Waals surface area (Å²) >= 11 is 7.31. The fourth-order valence-corrected chi connectivity index (χ4v) is 2.36. The molecule has 0 aliphatic rings. The molecule has 1 aromatic heterocycles. The number of nitrogen functional groups attached to an aromatic ring is 1. The van der Waals surface area contributed by atoms with Gasteiger partial charge in [-0.25, -0.2) is 0 Å². The van der Waals surface area contributed by atoms with Crippen LogP contribution in [0.15, 0.2) is 29.0 Å². The number of nitrogens with two attached hydrogens (primary N) is 1. The zero-order chi connectivity index (χ0) is 12.4. The van der Waals surface area contributed by atoms with Gasteiger partial charge in [0.15, 0.2) is 0 Å². The molecule has 1 amide bonds. The second-order valence-corrected chi connectivity index (χ2v) is 4.81. The average Bonchev–Trinajstić information content (AvgIpc) is 2.70. The Morgan fingerprint density at radius 3 is 2.76 bits per heavy atom. The van der Waals surface area contributed by atoms with E-state index in [0.29, 0.717) is 22.0 Å². The molecule has 0 spiro atoms. The maximum Gasteiger partial charge on any atom is 0.256 e. The van der Waals surface area contributed by atoms with Crippen LogP contribution >= 0.6 is 22.9 Å². The predicted octanol–water partition coefficient (Wildman–Crippen LogP) is 3.54. The SMILES string of the molecule is Cc1cscc1C(=O)Nc1ccc(Cl)c(N)c1. The summed E-state index contributed by atoms with van der Waals surface area (Å²) in [4.78, 5) is 11.9. The smallest absolute Gasteiger partial charge is 0.256 e. The lowest BCUT2D eigenvalue weighted by Crippen LogP contribution is -2.12. The van der Waals surface area contributed by atoms with Crippen molar-refractivity contribution in [3.63, 3.8) is 0 Å². The summed E-state index contributed by atoms with van der Waals surface area (Å²) in [5.74, 6) is -0.134. The Balaban J connectivity index is 2.19. The van der Waals surface area contributed by atoms with Crippen LogP contribution in [0.25, 0.3) is 0 Å². The van der Waals surface area contributed by atoms with E-state index >= 15 is 0 Å². The number of nitrogens with one attached hydrogen (secondary N) is 1. The van der Waals surface area contributed by atoms with Crippen LogP contribution < -0.4 is 11.1 Å². The van der Waals surface area contributed by atoms with Gasteiger partial charge in [-0.3, -0.25) is 4.79 Å². The average molecular weight is 267 g/mol. The molecule has 0 atom stereocenters. The van der Waals surface area contributed by atoms with E-state index in [0.717, 1.165) is 5.56 Å². The van der Waals surface area contributed by atoms with E-state index in [4.69, 9.17) is 17.3 Å². The minimum atomic E-state index is -0.134. The van der Waals surface area contributed by atoms with Crippen molar-refractivity contribution in [2.45, 2.75) is 6.92 Å². The van der Waals surface area contributed by atoms with E-state index in [-0.39, 0.29) is 5.91 Å². The van der Waals surface area contributed by atoms with Gasteiger partial charge in [0.25, 0.3) is 5.91 Å². The summed E-state index contributed by atoms with van der Waals surface area (Å²) in [5, 5.41) is 7.02. The summed E-state index contributed by atoms with van der Waals surface area (Å²) in [6, 6.07) is 5.02. The number of hydrogen-bond donors (Lipinski definition) is 2. The molecule has 2 aromatic rings. The third-order valence-electron chi connectivity index (χ3n) is 2.35. The summed E-state index contributed by atoms with van der Waals surface area (Å²) in [5.41, 5.74) is 8.41. The Morgan fingerprint density at radius 2 is 2.18 bits per heavy atom. The van der Waals surface area contributed by atoms with Gasteiger partial charge >= 0.3 is 0 Å². The van der Waals surface area contributed by atoms with E-state index in [1.165, 1.54) is 11.3 Å². The highest BCUT2D eigenvalue weighted by molar-refractivity contribution is 7.08. The van der Waals surface area contributed by atoms with Crippen molar-refractivity contribution >= 4 is 40.2 Å². The van der Waals surface area contributed by atoms with Crippen LogP contribution in [-0.4, -0.2) is 5.91 Å². The molecule has 0 aliphatic carbocycles. The first kappa shape index (κ1) is 12.0. The van der Waals surface area contributed by atoms with Crippen molar-refractivity contribution in [3.8, 4) is 0 Å². The van der Waals surface area contributed by atoms with E-state index in [1.807, 2.05) is 17.7 Å². The van der Waals surface area contributed by atoms with Crippen LogP contribution in [0.3, 0.4) is 0 Å². The van der Waals surface area contributed by atoms with Crippen molar-refractivity contribution in [3.05, 3.63) is 45.1 Å². The van der Waals surface area contributed by atoms with Crippen molar-refractivity contribution in [1.82, 2.24) is 0 Å². The van der Waals surface area contributed by atoms with Crippen LogP contribution in [0.1, 0.15) is 15.9 Å². The van der Waals surface area contributed by atoms with Crippen molar-refractivity contribution in [1.29, 1.82) is 0 Å². The van der Waals surface area contributed by atoms with Crippen LogP contribution in [0.5, 0.6) is 0 Å².